The lowest BCUT2D eigenvalue weighted by Crippen LogP contribution is -2.44. The van der Waals surface area contributed by atoms with E-state index < -0.39 is 0 Å². The van der Waals surface area contributed by atoms with Crippen molar-refractivity contribution in [3.8, 4) is 0 Å². The number of likely N-dealkylation sites (N-methyl/N-ethyl adjacent to an activating group) is 1. The summed E-state index contributed by atoms with van der Waals surface area (Å²) in [6, 6.07) is 1.91. The van der Waals surface area contributed by atoms with Crippen molar-refractivity contribution in [3.63, 3.8) is 0 Å². The van der Waals surface area contributed by atoms with Gasteiger partial charge in [-0.25, -0.2) is 0 Å². The SMILES string of the molecule is CN1CCN(c2ccon2)CC1. The molecular weight excluding hydrogens is 154 g/mol. The highest BCUT2D eigenvalue weighted by molar-refractivity contribution is 5.36. The van der Waals surface area contributed by atoms with E-state index in [4.69, 9.17) is 4.52 Å². The van der Waals surface area contributed by atoms with Crippen LogP contribution >= 0.6 is 0 Å². The zero-order valence-electron chi connectivity index (χ0n) is 7.23. The molecular formula is C8H13N3O. The van der Waals surface area contributed by atoms with Gasteiger partial charge in [0.15, 0.2) is 5.82 Å². The van der Waals surface area contributed by atoms with Crippen LogP contribution in [0.3, 0.4) is 0 Å². The van der Waals surface area contributed by atoms with Crippen LogP contribution in [-0.2, 0) is 0 Å². The Morgan fingerprint density at radius 3 is 2.67 bits per heavy atom. The summed E-state index contributed by atoms with van der Waals surface area (Å²) in [5.74, 6) is 0.961. The van der Waals surface area contributed by atoms with E-state index >= 15 is 0 Å². The molecule has 1 aliphatic heterocycles. The fraction of sp³-hybridized carbons (Fsp3) is 0.625. The minimum atomic E-state index is 0.961. The van der Waals surface area contributed by atoms with Crippen LogP contribution in [-0.4, -0.2) is 43.3 Å². The molecule has 1 aromatic rings. The predicted octanol–water partition coefficient (Wildman–Crippen LogP) is 0.426. The molecule has 0 amide bonds. The highest BCUT2D eigenvalue weighted by atomic mass is 16.5. The second-order valence-electron chi connectivity index (χ2n) is 3.15. The predicted molar refractivity (Wildman–Crippen MR) is 46.2 cm³/mol. The Kier molecular flexibility index (Phi) is 1.99. The van der Waals surface area contributed by atoms with Gasteiger partial charge in [0, 0.05) is 32.2 Å². The van der Waals surface area contributed by atoms with Gasteiger partial charge in [-0.1, -0.05) is 5.16 Å². The summed E-state index contributed by atoms with van der Waals surface area (Å²) in [6.45, 7) is 4.30. The zero-order chi connectivity index (χ0) is 8.39. The van der Waals surface area contributed by atoms with Gasteiger partial charge < -0.3 is 14.3 Å². The molecule has 0 spiro atoms. The van der Waals surface area contributed by atoms with Crippen LogP contribution in [0.25, 0.3) is 0 Å². The topological polar surface area (TPSA) is 32.5 Å². The monoisotopic (exact) mass is 167 g/mol. The first kappa shape index (κ1) is 7.61. The molecule has 0 radical (unpaired) electrons. The minimum Gasteiger partial charge on any atom is -0.363 e. The molecule has 0 aliphatic carbocycles. The van der Waals surface area contributed by atoms with E-state index in [1.165, 1.54) is 0 Å². The number of piperazine rings is 1. The summed E-state index contributed by atoms with van der Waals surface area (Å²) in [7, 11) is 2.14. The molecule has 0 unspecified atom stereocenters. The van der Waals surface area contributed by atoms with Crippen LogP contribution in [0.4, 0.5) is 5.82 Å². The van der Waals surface area contributed by atoms with Crippen LogP contribution in [0.1, 0.15) is 0 Å². The van der Waals surface area contributed by atoms with E-state index in [9.17, 15) is 0 Å². The first-order chi connectivity index (χ1) is 5.86. The third-order valence-electron chi connectivity index (χ3n) is 2.25. The molecule has 1 fully saturated rings. The normalized spacial score (nSPS) is 19.9. The van der Waals surface area contributed by atoms with E-state index in [0.717, 1.165) is 32.0 Å². The Morgan fingerprint density at radius 1 is 1.33 bits per heavy atom. The van der Waals surface area contributed by atoms with Gasteiger partial charge in [-0.15, -0.1) is 0 Å². The molecule has 1 aromatic heterocycles. The molecule has 1 saturated heterocycles. The van der Waals surface area contributed by atoms with Crippen LogP contribution in [0.2, 0.25) is 0 Å². The third-order valence-corrected chi connectivity index (χ3v) is 2.25. The Balaban J connectivity index is 1.99. The fourth-order valence-electron chi connectivity index (χ4n) is 1.40. The summed E-state index contributed by atoms with van der Waals surface area (Å²) < 4.78 is 4.79. The van der Waals surface area contributed by atoms with Crippen LogP contribution in [0.5, 0.6) is 0 Å². The Morgan fingerprint density at radius 2 is 2.08 bits per heavy atom. The Labute approximate surface area is 71.7 Å². The lowest BCUT2D eigenvalue weighted by atomic mass is 10.3. The lowest BCUT2D eigenvalue weighted by molar-refractivity contribution is 0.309. The number of hydrogen-bond donors (Lipinski definition) is 0. The van der Waals surface area contributed by atoms with Gasteiger partial charge in [-0.05, 0) is 7.05 Å². The average Bonchev–Trinajstić information content (AvgIpc) is 2.58. The van der Waals surface area contributed by atoms with E-state index in [1.54, 1.807) is 6.26 Å². The zero-order valence-corrected chi connectivity index (χ0v) is 7.23. The maximum absolute atomic E-state index is 4.79. The van der Waals surface area contributed by atoms with Crippen molar-refractivity contribution in [2.45, 2.75) is 0 Å². The van der Waals surface area contributed by atoms with Crippen molar-refractivity contribution in [1.82, 2.24) is 10.1 Å². The minimum absolute atomic E-state index is 0.961. The van der Waals surface area contributed by atoms with Crippen molar-refractivity contribution in [2.75, 3.05) is 38.1 Å². The molecule has 12 heavy (non-hydrogen) atoms. The van der Waals surface area contributed by atoms with Crippen molar-refractivity contribution >= 4 is 5.82 Å². The lowest BCUT2D eigenvalue weighted by Gasteiger charge is -2.31. The number of anilines is 1. The second kappa shape index (κ2) is 3.15. The molecule has 4 nitrogen and oxygen atoms in total. The Bertz CT molecular complexity index is 226. The molecule has 4 heteroatoms. The average molecular weight is 167 g/mol. The first-order valence-electron chi connectivity index (χ1n) is 4.20. The highest BCUT2D eigenvalue weighted by Gasteiger charge is 2.15. The van der Waals surface area contributed by atoms with Gasteiger partial charge in [0.1, 0.15) is 6.26 Å². The van der Waals surface area contributed by atoms with Crippen molar-refractivity contribution < 1.29 is 4.52 Å². The van der Waals surface area contributed by atoms with Crippen LogP contribution in [0.15, 0.2) is 16.9 Å². The van der Waals surface area contributed by atoms with Crippen molar-refractivity contribution in [2.24, 2.45) is 0 Å². The molecule has 0 aromatic carbocycles. The summed E-state index contributed by atoms with van der Waals surface area (Å²) in [6.07, 6.45) is 1.62. The number of nitrogens with zero attached hydrogens (tertiary/aromatic N) is 3. The van der Waals surface area contributed by atoms with E-state index in [1.807, 2.05) is 6.07 Å². The number of hydrogen-bond acceptors (Lipinski definition) is 4. The maximum atomic E-state index is 4.79. The summed E-state index contributed by atoms with van der Waals surface area (Å²) in [5.41, 5.74) is 0. The quantitative estimate of drug-likeness (QED) is 0.607. The van der Waals surface area contributed by atoms with Gasteiger partial charge >= 0.3 is 0 Å². The Hall–Kier alpha value is -1.03. The standard InChI is InChI=1S/C8H13N3O/c1-10-3-5-11(6-4-10)8-2-7-12-9-8/h2,7H,3-6H2,1H3. The van der Waals surface area contributed by atoms with E-state index in [2.05, 4.69) is 22.0 Å². The molecule has 2 heterocycles. The molecule has 66 valence electrons. The van der Waals surface area contributed by atoms with Gasteiger partial charge in [-0.2, -0.15) is 0 Å². The van der Waals surface area contributed by atoms with E-state index in [-0.39, 0.29) is 0 Å². The van der Waals surface area contributed by atoms with Crippen LogP contribution < -0.4 is 4.90 Å². The van der Waals surface area contributed by atoms with Crippen molar-refractivity contribution in [1.29, 1.82) is 0 Å². The maximum Gasteiger partial charge on any atom is 0.172 e. The largest absolute Gasteiger partial charge is 0.363 e. The smallest absolute Gasteiger partial charge is 0.172 e. The number of rotatable bonds is 1. The second-order valence-corrected chi connectivity index (χ2v) is 3.15. The molecule has 0 bridgehead atoms. The summed E-state index contributed by atoms with van der Waals surface area (Å²) >= 11 is 0. The molecule has 0 atom stereocenters. The van der Waals surface area contributed by atoms with Gasteiger partial charge in [-0.3, -0.25) is 0 Å². The van der Waals surface area contributed by atoms with Gasteiger partial charge in [0.2, 0.25) is 0 Å². The fourth-order valence-corrected chi connectivity index (χ4v) is 1.40. The van der Waals surface area contributed by atoms with Gasteiger partial charge in [0.25, 0.3) is 0 Å². The molecule has 2 rings (SSSR count). The summed E-state index contributed by atoms with van der Waals surface area (Å²) in [4.78, 5) is 4.56. The number of aromatic nitrogens is 1. The van der Waals surface area contributed by atoms with E-state index in [0.29, 0.717) is 0 Å². The van der Waals surface area contributed by atoms with Crippen molar-refractivity contribution in [3.05, 3.63) is 12.3 Å². The summed E-state index contributed by atoms with van der Waals surface area (Å²) in [5, 5.41) is 3.90. The third kappa shape index (κ3) is 1.43. The van der Waals surface area contributed by atoms with Gasteiger partial charge in [0.05, 0.1) is 0 Å². The molecule has 1 aliphatic rings. The first-order valence-corrected chi connectivity index (χ1v) is 4.20. The highest BCUT2D eigenvalue weighted by Crippen LogP contribution is 2.11. The molecule has 0 N–H and O–H groups in total. The molecule has 0 saturated carbocycles. The van der Waals surface area contributed by atoms with Crippen LogP contribution in [0, 0.1) is 0 Å².